The van der Waals surface area contributed by atoms with Gasteiger partial charge in [-0.2, -0.15) is 0 Å². The van der Waals surface area contributed by atoms with E-state index in [2.05, 4.69) is 61.7 Å². The van der Waals surface area contributed by atoms with Gasteiger partial charge in [0, 0.05) is 10.8 Å². The molecule has 0 saturated heterocycles. The third kappa shape index (κ3) is 0.854. The molecule has 0 saturated carbocycles. The van der Waals surface area contributed by atoms with Gasteiger partial charge >= 0.3 is 0 Å². The Bertz CT molecular complexity index is 816. The first-order chi connectivity index (χ1) is 7.86. The molecule has 2 heterocycles. The summed E-state index contributed by atoms with van der Waals surface area (Å²) in [7, 11) is 0. The van der Waals surface area contributed by atoms with E-state index in [0.717, 1.165) is 10.3 Å². The Kier molecular flexibility index (Phi) is 1.46. The average Bonchev–Trinajstić information content (AvgIpc) is 2.82. The number of hydrogen-bond donors (Lipinski definition) is 0. The number of nitrogens with zero attached hydrogens (tertiary/aromatic N) is 2. The zero-order valence-corrected chi connectivity index (χ0v) is 9.90. The van der Waals surface area contributed by atoms with Crippen LogP contribution in [0.25, 0.3) is 27.3 Å². The molecule has 0 spiro atoms. The van der Waals surface area contributed by atoms with Crippen LogP contribution in [0.3, 0.4) is 0 Å². The molecule has 0 aliphatic carbocycles. The Morgan fingerprint density at radius 2 is 1.75 bits per heavy atom. The molecule has 0 amide bonds. The van der Waals surface area contributed by atoms with Gasteiger partial charge in [0.05, 0.1) is 16.6 Å². The largest absolute Gasteiger partial charge is 0.286 e. The van der Waals surface area contributed by atoms with Gasteiger partial charge in [-0.15, -0.1) is 0 Å². The molecule has 16 heavy (non-hydrogen) atoms. The summed E-state index contributed by atoms with van der Waals surface area (Å²) in [6.07, 6.45) is 0. The molecule has 2 aromatic carbocycles. The monoisotopic (exact) mass is 270 g/mol. The zero-order valence-electron chi connectivity index (χ0n) is 8.31. The van der Waals surface area contributed by atoms with Gasteiger partial charge < -0.3 is 0 Å². The Morgan fingerprint density at radius 3 is 2.69 bits per heavy atom. The SMILES string of the molecule is Brc1nc2cccc3c4ccccc4n1c23. The number of fused-ring (bicyclic) bond motifs is 3. The summed E-state index contributed by atoms with van der Waals surface area (Å²) in [6.45, 7) is 0. The molecule has 0 unspecified atom stereocenters. The molecule has 0 aliphatic heterocycles. The minimum Gasteiger partial charge on any atom is -0.286 e. The van der Waals surface area contributed by atoms with Crippen LogP contribution >= 0.6 is 15.9 Å². The lowest BCUT2D eigenvalue weighted by molar-refractivity contribution is 1.17. The lowest BCUT2D eigenvalue weighted by atomic mass is 10.1. The van der Waals surface area contributed by atoms with Gasteiger partial charge in [0.25, 0.3) is 0 Å². The summed E-state index contributed by atoms with van der Waals surface area (Å²) >= 11 is 3.52. The van der Waals surface area contributed by atoms with Gasteiger partial charge in [0.1, 0.15) is 0 Å². The summed E-state index contributed by atoms with van der Waals surface area (Å²) in [5.74, 6) is 0. The Labute approximate surface area is 100.0 Å². The normalized spacial score (nSPS) is 12.1. The lowest BCUT2D eigenvalue weighted by Crippen LogP contribution is -1.79. The molecule has 0 fully saturated rings. The minimum absolute atomic E-state index is 0.875. The quantitative estimate of drug-likeness (QED) is 0.475. The van der Waals surface area contributed by atoms with Crippen LogP contribution < -0.4 is 0 Å². The van der Waals surface area contributed by atoms with E-state index < -0.39 is 0 Å². The second-order valence-corrected chi connectivity index (χ2v) is 4.62. The van der Waals surface area contributed by atoms with Gasteiger partial charge in [0.15, 0.2) is 4.73 Å². The predicted octanol–water partition coefficient (Wildman–Crippen LogP) is 3.84. The molecular weight excluding hydrogens is 264 g/mol. The second kappa shape index (κ2) is 2.74. The first kappa shape index (κ1) is 8.53. The maximum atomic E-state index is 4.50. The summed E-state index contributed by atoms with van der Waals surface area (Å²) in [5, 5.41) is 2.55. The number of hydrogen-bond acceptors (Lipinski definition) is 1. The maximum absolute atomic E-state index is 4.50. The summed E-state index contributed by atoms with van der Waals surface area (Å²) < 4.78 is 3.04. The Balaban J connectivity index is 2.53. The number of imidazole rings is 1. The highest BCUT2D eigenvalue weighted by Crippen LogP contribution is 2.34. The van der Waals surface area contributed by atoms with Crippen molar-refractivity contribution in [2.75, 3.05) is 0 Å². The van der Waals surface area contributed by atoms with Crippen molar-refractivity contribution in [2.24, 2.45) is 0 Å². The molecule has 0 radical (unpaired) electrons. The molecule has 2 nitrogen and oxygen atoms in total. The van der Waals surface area contributed by atoms with Crippen LogP contribution in [-0.2, 0) is 0 Å². The number of halogens is 1. The van der Waals surface area contributed by atoms with Crippen molar-refractivity contribution in [1.29, 1.82) is 0 Å². The van der Waals surface area contributed by atoms with Gasteiger partial charge in [-0.3, -0.25) is 4.40 Å². The first-order valence-corrected chi connectivity index (χ1v) is 5.92. The van der Waals surface area contributed by atoms with Crippen molar-refractivity contribution in [3.8, 4) is 0 Å². The molecule has 0 aliphatic rings. The van der Waals surface area contributed by atoms with Gasteiger partial charge in [0.2, 0.25) is 0 Å². The van der Waals surface area contributed by atoms with E-state index in [4.69, 9.17) is 0 Å². The summed E-state index contributed by atoms with van der Waals surface area (Å²) in [4.78, 5) is 4.50. The fourth-order valence-electron chi connectivity index (χ4n) is 2.43. The number of rotatable bonds is 0. The standard InChI is InChI=1S/C13H7BrN2/c14-13-15-10-6-3-5-9-8-4-1-2-7-11(8)16(13)12(9)10/h1-7H. The van der Waals surface area contributed by atoms with Crippen molar-refractivity contribution in [1.82, 2.24) is 9.38 Å². The van der Waals surface area contributed by atoms with Crippen LogP contribution in [0.4, 0.5) is 0 Å². The Morgan fingerprint density at radius 1 is 0.938 bits per heavy atom. The van der Waals surface area contributed by atoms with Crippen LogP contribution in [0.1, 0.15) is 0 Å². The second-order valence-electron chi connectivity index (χ2n) is 3.91. The number of benzene rings is 2. The van der Waals surface area contributed by atoms with E-state index in [1.165, 1.54) is 21.8 Å². The molecule has 0 bridgehead atoms. The van der Waals surface area contributed by atoms with Crippen molar-refractivity contribution >= 4 is 43.3 Å². The summed E-state index contributed by atoms with van der Waals surface area (Å²) in [6, 6.07) is 14.7. The lowest BCUT2D eigenvalue weighted by Gasteiger charge is -1.91. The van der Waals surface area contributed by atoms with E-state index in [0.29, 0.717) is 0 Å². The van der Waals surface area contributed by atoms with Crippen LogP contribution in [0, 0.1) is 0 Å². The third-order valence-corrected chi connectivity index (χ3v) is 3.60. The van der Waals surface area contributed by atoms with E-state index in [1.54, 1.807) is 0 Å². The molecule has 0 atom stereocenters. The Hall–Kier alpha value is -1.61. The van der Waals surface area contributed by atoms with Crippen LogP contribution in [-0.4, -0.2) is 9.38 Å². The molecule has 76 valence electrons. The van der Waals surface area contributed by atoms with E-state index in [9.17, 15) is 0 Å². The smallest absolute Gasteiger partial charge is 0.182 e. The van der Waals surface area contributed by atoms with Gasteiger partial charge in [-0.25, -0.2) is 4.98 Å². The molecule has 2 aromatic heterocycles. The summed E-state index contributed by atoms with van der Waals surface area (Å²) in [5.41, 5.74) is 3.45. The van der Waals surface area contributed by atoms with Crippen molar-refractivity contribution in [3.63, 3.8) is 0 Å². The van der Waals surface area contributed by atoms with Crippen LogP contribution in [0.2, 0.25) is 0 Å². The third-order valence-electron chi connectivity index (χ3n) is 3.07. The molecule has 0 N–H and O–H groups in total. The van der Waals surface area contributed by atoms with Gasteiger partial charge in [-0.05, 0) is 28.1 Å². The first-order valence-electron chi connectivity index (χ1n) is 5.13. The molecule has 4 aromatic rings. The predicted molar refractivity (Wildman–Crippen MR) is 69.1 cm³/mol. The van der Waals surface area contributed by atoms with E-state index >= 15 is 0 Å². The molecule has 4 rings (SSSR count). The van der Waals surface area contributed by atoms with Crippen molar-refractivity contribution in [2.45, 2.75) is 0 Å². The molecule has 3 heteroatoms. The molecular formula is C13H7BrN2. The fraction of sp³-hybridized carbons (Fsp3) is 0. The minimum atomic E-state index is 0.875. The zero-order chi connectivity index (χ0) is 10.7. The van der Waals surface area contributed by atoms with E-state index in [1.807, 2.05) is 6.07 Å². The average molecular weight is 271 g/mol. The van der Waals surface area contributed by atoms with E-state index in [-0.39, 0.29) is 0 Å². The number of aromatic nitrogens is 2. The van der Waals surface area contributed by atoms with Crippen molar-refractivity contribution in [3.05, 3.63) is 47.2 Å². The van der Waals surface area contributed by atoms with Gasteiger partial charge in [-0.1, -0.05) is 30.3 Å². The van der Waals surface area contributed by atoms with Crippen LogP contribution in [0.5, 0.6) is 0 Å². The fourth-order valence-corrected chi connectivity index (χ4v) is 2.99. The topological polar surface area (TPSA) is 17.3 Å². The number of para-hydroxylation sites is 2. The van der Waals surface area contributed by atoms with Crippen molar-refractivity contribution < 1.29 is 0 Å². The highest BCUT2D eigenvalue weighted by molar-refractivity contribution is 9.10. The maximum Gasteiger partial charge on any atom is 0.182 e. The highest BCUT2D eigenvalue weighted by atomic mass is 79.9. The highest BCUT2D eigenvalue weighted by Gasteiger charge is 2.14. The van der Waals surface area contributed by atoms with Crippen LogP contribution in [0.15, 0.2) is 47.2 Å².